The highest BCUT2D eigenvalue weighted by atomic mass is 32.1. The van der Waals surface area contributed by atoms with Crippen LogP contribution in [0.4, 0.5) is 0 Å². The Balaban J connectivity index is 2.17. The fourth-order valence-corrected chi connectivity index (χ4v) is 2.74. The van der Waals surface area contributed by atoms with Gasteiger partial charge in [-0.1, -0.05) is 30.4 Å². The van der Waals surface area contributed by atoms with Crippen LogP contribution in [-0.2, 0) is 16.0 Å². The van der Waals surface area contributed by atoms with Crippen LogP contribution in [0.3, 0.4) is 0 Å². The fraction of sp³-hybridized carbons (Fsp3) is 0.273. The van der Waals surface area contributed by atoms with Crippen LogP contribution in [0.1, 0.15) is 31.9 Å². The quantitative estimate of drug-likeness (QED) is 0.204. The molecule has 7 nitrogen and oxygen atoms in total. The summed E-state index contributed by atoms with van der Waals surface area (Å²) >= 11 is 5.30. The number of phenolic OH excluding ortho intramolecular Hbond substituents is 4. The van der Waals surface area contributed by atoms with Gasteiger partial charge in [-0.15, -0.1) is 0 Å². The van der Waals surface area contributed by atoms with Crippen molar-refractivity contribution < 1.29 is 30.0 Å². The standard InChI is InChI=1S/C22H25NO6S/c1-22(2,3)29-21(28)15(10-14-5-8-17(25)19(27)12-14)23-20(30)9-6-13-4-7-16(24)18(26)11-13/h4-9,11-12,15,24-27H,10H2,1-3H3,(H,23,30). The molecule has 5 N–H and O–H groups in total. The maximum atomic E-state index is 12.7. The van der Waals surface area contributed by atoms with Gasteiger partial charge in [0.05, 0.1) is 4.99 Å². The van der Waals surface area contributed by atoms with Crippen LogP contribution < -0.4 is 5.32 Å². The molecular weight excluding hydrogens is 406 g/mol. The third kappa shape index (κ3) is 6.97. The molecule has 1 atom stereocenters. The van der Waals surface area contributed by atoms with E-state index in [9.17, 15) is 25.2 Å². The Hall–Kier alpha value is -3.26. The van der Waals surface area contributed by atoms with Gasteiger partial charge < -0.3 is 30.5 Å². The topological polar surface area (TPSA) is 119 Å². The largest absolute Gasteiger partial charge is 0.504 e. The summed E-state index contributed by atoms with van der Waals surface area (Å²) in [5.74, 6) is -1.54. The third-order valence-electron chi connectivity index (χ3n) is 3.91. The second-order valence-electron chi connectivity index (χ2n) is 7.70. The highest BCUT2D eigenvalue weighted by Crippen LogP contribution is 2.26. The molecule has 30 heavy (non-hydrogen) atoms. The first kappa shape index (κ1) is 23.0. The molecule has 0 fully saturated rings. The summed E-state index contributed by atoms with van der Waals surface area (Å²) < 4.78 is 5.46. The van der Waals surface area contributed by atoms with E-state index in [2.05, 4.69) is 5.32 Å². The zero-order valence-electron chi connectivity index (χ0n) is 16.9. The van der Waals surface area contributed by atoms with Crippen LogP contribution in [0.2, 0.25) is 0 Å². The van der Waals surface area contributed by atoms with Gasteiger partial charge in [-0.05, 0) is 62.2 Å². The van der Waals surface area contributed by atoms with Crippen LogP contribution in [0.15, 0.2) is 42.5 Å². The summed E-state index contributed by atoms with van der Waals surface area (Å²) in [4.78, 5) is 12.9. The van der Waals surface area contributed by atoms with Gasteiger partial charge in [0, 0.05) is 6.42 Å². The number of thiocarbonyl (C=S) groups is 1. The maximum Gasteiger partial charge on any atom is 0.329 e. The van der Waals surface area contributed by atoms with Gasteiger partial charge in [-0.2, -0.15) is 0 Å². The number of benzene rings is 2. The van der Waals surface area contributed by atoms with Crippen LogP contribution in [0.25, 0.3) is 6.08 Å². The van der Waals surface area contributed by atoms with Crippen LogP contribution in [-0.4, -0.2) is 43.0 Å². The van der Waals surface area contributed by atoms with Crippen molar-refractivity contribution in [2.24, 2.45) is 0 Å². The number of phenols is 4. The summed E-state index contributed by atoms with van der Waals surface area (Å²) in [7, 11) is 0. The Bertz CT molecular complexity index is 965. The molecule has 0 aliphatic rings. The Morgan fingerprint density at radius 2 is 1.63 bits per heavy atom. The van der Waals surface area contributed by atoms with Gasteiger partial charge in [0.25, 0.3) is 0 Å². The molecule has 2 rings (SSSR count). The van der Waals surface area contributed by atoms with Crippen molar-refractivity contribution in [2.45, 2.75) is 38.8 Å². The number of carbonyl (C=O) groups excluding carboxylic acids is 1. The van der Waals surface area contributed by atoms with Crippen molar-refractivity contribution >= 4 is 29.3 Å². The van der Waals surface area contributed by atoms with Crippen molar-refractivity contribution in [2.75, 3.05) is 0 Å². The molecule has 1 unspecified atom stereocenters. The number of rotatable bonds is 6. The van der Waals surface area contributed by atoms with Crippen LogP contribution >= 0.6 is 12.2 Å². The lowest BCUT2D eigenvalue weighted by molar-refractivity contribution is -0.157. The highest BCUT2D eigenvalue weighted by molar-refractivity contribution is 7.80. The number of esters is 1. The molecule has 2 aromatic carbocycles. The lowest BCUT2D eigenvalue weighted by atomic mass is 10.0. The van der Waals surface area contributed by atoms with Gasteiger partial charge in [0.1, 0.15) is 11.6 Å². The lowest BCUT2D eigenvalue weighted by Gasteiger charge is -2.25. The Morgan fingerprint density at radius 3 is 2.20 bits per heavy atom. The van der Waals surface area contributed by atoms with E-state index in [-0.39, 0.29) is 34.4 Å². The molecule has 0 radical (unpaired) electrons. The second-order valence-corrected chi connectivity index (χ2v) is 8.14. The number of hydrogen-bond donors (Lipinski definition) is 5. The van der Waals surface area contributed by atoms with E-state index in [0.29, 0.717) is 11.1 Å². The first-order chi connectivity index (χ1) is 13.9. The summed E-state index contributed by atoms with van der Waals surface area (Å²) in [6.45, 7) is 5.26. The van der Waals surface area contributed by atoms with E-state index in [1.807, 2.05) is 0 Å². The molecule has 0 aliphatic carbocycles. The van der Waals surface area contributed by atoms with Crippen LogP contribution in [0, 0.1) is 0 Å². The summed E-state index contributed by atoms with van der Waals surface area (Å²) in [6, 6.07) is 7.79. The van der Waals surface area contributed by atoms with Crippen molar-refractivity contribution in [3.05, 3.63) is 53.6 Å². The average Bonchev–Trinajstić information content (AvgIpc) is 2.63. The lowest BCUT2D eigenvalue weighted by Crippen LogP contribution is -2.44. The zero-order chi connectivity index (χ0) is 22.5. The molecule has 0 heterocycles. The molecule has 8 heteroatoms. The number of ether oxygens (including phenoxy) is 1. The number of carbonyl (C=O) groups is 1. The maximum absolute atomic E-state index is 12.7. The Kier molecular flexibility index (Phi) is 7.28. The average molecular weight is 432 g/mol. The molecule has 0 amide bonds. The van der Waals surface area contributed by atoms with Crippen molar-refractivity contribution in [1.82, 2.24) is 5.32 Å². The van der Waals surface area contributed by atoms with Crippen LogP contribution in [0.5, 0.6) is 23.0 Å². The minimum absolute atomic E-state index is 0.163. The molecule has 0 saturated carbocycles. The van der Waals surface area contributed by atoms with Gasteiger partial charge in [-0.3, -0.25) is 0 Å². The Morgan fingerprint density at radius 1 is 1.03 bits per heavy atom. The number of aromatic hydroxyl groups is 4. The predicted molar refractivity (Wildman–Crippen MR) is 118 cm³/mol. The second kappa shape index (κ2) is 9.49. The fourth-order valence-electron chi connectivity index (χ4n) is 2.53. The number of hydrogen-bond acceptors (Lipinski definition) is 7. The normalized spacial score (nSPS) is 12.5. The third-order valence-corrected chi connectivity index (χ3v) is 4.17. The van der Waals surface area contributed by atoms with E-state index in [0.717, 1.165) is 0 Å². The zero-order valence-corrected chi connectivity index (χ0v) is 17.7. The van der Waals surface area contributed by atoms with Gasteiger partial charge in [0.15, 0.2) is 23.0 Å². The monoisotopic (exact) mass is 431 g/mol. The molecule has 160 valence electrons. The molecule has 0 spiro atoms. The smallest absolute Gasteiger partial charge is 0.329 e. The molecule has 0 aliphatic heterocycles. The minimum atomic E-state index is -0.835. The van der Waals surface area contributed by atoms with E-state index >= 15 is 0 Å². The minimum Gasteiger partial charge on any atom is -0.504 e. The molecule has 2 aromatic rings. The van der Waals surface area contributed by atoms with Crippen molar-refractivity contribution in [3.8, 4) is 23.0 Å². The summed E-state index contributed by atoms with van der Waals surface area (Å²) in [5, 5.41) is 41.1. The molecular formula is C22H25NO6S. The highest BCUT2D eigenvalue weighted by Gasteiger charge is 2.26. The molecule has 0 bridgehead atoms. The Labute approximate surface area is 180 Å². The van der Waals surface area contributed by atoms with Crippen molar-refractivity contribution in [1.29, 1.82) is 0 Å². The van der Waals surface area contributed by atoms with Gasteiger partial charge in [0.2, 0.25) is 0 Å². The van der Waals surface area contributed by atoms with E-state index in [4.69, 9.17) is 17.0 Å². The van der Waals surface area contributed by atoms with Crippen molar-refractivity contribution in [3.63, 3.8) is 0 Å². The summed E-state index contributed by atoms with van der Waals surface area (Å²) in [6.07, 6.45) is 3.33. The summed E-state index contributed by atoms with van der Waals surface area (Å²) in [5.41, 5.74) is 0.505. The predicted octanol–water partition coefficient (Wildman–Crippen LogP) is 3.39. The van der Waals surface area contributed by atoms with E-state index < -0.39 is 17.6 Å². The van der Waals surface area contributed by atoms with E-state index in [1.165, 1.54) is 24.3 Å². The first-order valence-electron chi connectivity index (χ1n) is 9.19. The SMILES string of the molecule is CC(C)(C)OC(=O)C(Cc1ccc(O)c(O)c1)NC(=S)C=Cc1ccc(O)c(O)c1. The first-order valence-corrected chi connectivity index (χ1v) is 9.60. The van der Waals surface area contributed by atoms with Gasteiger partial charge >= 0.3 is 5.97 Å². The van der Waals surface area contributed by atoms with E-state index in [1.54, 1.807) is 45.1 Å². The number of nitrogens with one attached hydrogen (secondary N) is 1. The molecule has 0 saturated heterocycles. The van der Waals surface area contributed by atoms with Gasteiger partial charge in [-0.25, -0.2) is 4.79 Å². The molecule has 0 aromatic heterocycles.